The van der Waals surface area contributed by atoms with E-state index >= 15 is 0 Å². The molecule has 0 rings (SSSR count). The van der Waals surface area contributed by atoms with Crippen molar-refractivity contribution in [2.45, 2.75) is 19.1 Å². The van der Waals surface area contributed by atoms with Crippen LogP contribution in [0.25, 0.3) is 0 Å². The van der Waals surface area contributed by atoms with Gasteiger partial charge in [-0.25, -0.2) is 0 Å². The first-order valence-corrected chi connectivity index (χ1v) is 5.62. The van der Waals surface area contributed by atoms with Crippen molar-refractivity contribution in [1.82, 2.24) is 0 Å². The summed E-state index contributed by atoms with van der Waals surface area (Å²) in [5.74, 6) is 0. The van der Waals surface area contributed by atoms with Crippen LogP contribution in [0.5, 0.6) is 0 Å². The average molecular weight is 140 g/mol. The smallest absolute Gasteiger partial charge is 0.0149 e. The largest absolute Gasteiger partial charge is 0.275 e. The molecule has 0 atom stereocenters. The van der Waals surface area contributed by atoms with Gasteiger partial charge in [-0.2, -0.15) is 0 Å². The third kappa shape index (κ3) is 3.12. The summed E-state index contributed by atoms with van der Waals surface area (Å²) in [5.41, 5.74) is 0. The van der Waals surface area contributed by atoms with Gasteiger partial charge < -0.3 is 0 Å². The Morgan fingerprint density at radius 1 is 1.57 bits per heavy atom. The molecule has 0 saturated carbocycles. The van der Waals surface area contributed by atoms with Crippen molar-refractivity contribution in [1.29, 1.82) is 0 Å². The molecular formula is C4H12OS2. The topological polar surface area (TPSA) is 17.1 Å². The molecule has 0 aromatic heterocycles. The molecule has 0 aromatic rings. The Kier molecular flexibility index (Phi) is 2.33. The lowest BCUT2D eigenvalue weighted by molar-refractivity contribution is 0.678. The van der Waals surface area contributed by atoms with Crippen molar-refractivity contribution in [3.63, 3.8) is 0 Å². The van der Waals surface area contributed by atoms with Gasteiger partial charge in [-0.3, -0.25) is 4.21 Å². The lowest BCUT2D eigenvalue weighted by atomic mass is 10.6. The highest BCUT2D eigenvalue weighted by Crippen LogP contribution is 2.10. The van der Waals surface area contributed by atoms with Crippen LogP contribution >= 0.6 is 11.7 Å². The SMILES string of the molecule is CC(C)[SH](C)(=O)S. The van der Waals surface area contributed by atoms with Gasteiger partial charge in [0.05, 0.1) is 0 Å². The molecule has 0 spiro atoms. The van der Waals surface area contributed by atoms with Crippen LogP contribution in [0.15, 0.2) is 0 Å². The Morgan fingerprint density at radius 3 is 1.71 bits per heavy atom. The second-order valence-corrected chi connectivity index (χ2v) is 7.34. The summed E-state index contributed by atoms with van der Waals surface area (Å²) in [7, 11) is -2.04. The summed E-state index contributed by atoms with van der Waals surface area (Å²) >= 11 is 3.91. The van der Waals surface area contributed by atoms with E-state index in [0.717, 1.165) is 0 Å². The summed E-state index contributed by atoms with van der Waals surface area (Å²) in [5, 5.41) is 0.218. The monoisotopic (exact) mass is 140 g/mol. The fourth-order valence-electron chi connectivity index (χ4n) is 0. The van der Waals surface area contributed by atoms with Gasteiger partial charge in [0.2, 0.25) is 0 Å². The van der Waals surface area contributed by atoms with E-state index in [1.54, 1.807) is 6.26 Å². The van der Waals surface area contributed by atoms with Crippen molar-refractivity contribution in [3.05, 3.63) is 0 Å². The van der Waals surface area contributed by atoms with Crippen LogP contribution in [0, 0.1) is 0 Å². The molecule has 0 bridgehead atoms. The predicted molar refractivity (Wildman–Crippen MR) is 39.6 cm³/mol. The molecule has 0 amide bonds. The van der Waals surface area contributed by atoms with Crippen LogP contribution in [-0.4, -0.2) is 15.7 Å². The highest BCUT2D eigenvalue weighted by molar-refractivity contribution is 8.69. The normalized spacial score (nSPS) is 15.0. The molecule has 3 heteroatoms. The quantitative estimate of drug-likeness (QED) is 0.408. The van der Waals surface area contributed by atoms with E-state index in [4.69, 9.17) is 0 Å². The minimum absolute atomic E-state index is 0.218. The van der Waals surface area contributed by atoms with Crippen LogP contribution < -0.4 is 0 Å². The molecule has 0 radical (unpaired) electrons. The molecule has 0 aliphatic heterocycles. The molecule has 0 N–H and O–H groups in total. The Balaban J connectivity index is 3.80. The number of hydrogen-bond acceptors (Lipinski definition) is 1. The summed E-state index contributed by atoms with van der Waals surface area (Å²) < 4.78 is 10.8. The van der Waals surface area contributed by atoms with Crippen LogP contribution in [0.1, 0.15) is 13.8 Å². The highest BCUT2D eigenvalue weighted by atomic mass is 33.1. The van der Waals surface area contributed by atoms with Gasteiger partial charge in [-0.15, -0.1) is 11.7 Å². The van der Waals surface area contributed by atoms with Crippen LogP contribution in [0.3, 0.4) is 0 Å². The van der Waals surface area contributed by atoms with E-state index in [-0.39, 0.29) is 5.25 Å². The molecule has 7 heavy (non-hydrogen) atoms. The Hall–Kier alpha value is 0.500. The minimum atomic E-state index is -2.04. The van der Waals surface area contributed by atoms with Crippen LogP contribution in [0.4, 0.5) is 0 Å². The number of thiol groups is 2. The van der Waals surface area contributed by atoms with E-state index in [1.807, 2.05) is 13.8 Å². The summed E-state index contributed by atoms with van der Waals surface area (Å²) in [4.78, 5) is 0. The van der Waals surface area contributed by atoms with Gasteiger partial charge in [0.25, 0.3) is 0 Å². The highest BCUT2D eigenvalue weighted by Gasteiger charge is 2.04. The first kappa shape index (κ1) is 7.50. The first-order chi connectivity index (χ1) is 2.94. The zero-order chi connectivity index (χ0) is 6.08. The maximum absolute atomic E-state index is 10.8. The third-order valence-electron chi connectivity index (χ3n) is 0.958. The lowest BCUT2D eigenvalue weighted by Gasteiger charge is -2.13. The van der Waals surface area contributed by atoms with E-state index in [2.05, 4.69) is 11.7 Å². The van der Waals surface area contributed by atoms with Gasteiger partial charge in [0, 0.05) is 5.25 Å². The molecule has 0 fully saturated rings. The van der Waals surface area contributed by atoms with E-state index < -0.39 is 8.96 Å². The second kappa shape index (κ2) is 2.18. The molecule has 0 aromatic carbocycles. The molecule has 0 aliphatic carbocycles. The van der Waals surface area contributed by atoms with Crippen molar-refractivity contribution < 1.29 is 4.21 Å². The fraction of sp³-hybridized carbons (Fsp3) is 1.00. The minimum Gasteiger partial charge on any atom is -0.275 e. The fourth-order valence-corrected chi connectivity index (χ4v) is 0. The zero-order valence-corrected chi connectivity index (χ0v) is 6.67. The number of hydrogen-bond donors (Lipinski definition) is 2. The Bertz CT molecular complexity index is 91.9. The van der Waals surface area contributed by atoms with E-state index in [0.29, 0.717) is 0 Å². The Labute approximate surface area is 50.7 Å². The third-order valence-corrected chi connectivity index (χ3v) is 4.26. The maximum atomic E-state index is 10.8. The molecule has 46 valence electrons. The molecule has 0 heterocycles. The second-order valence-electron chi connectivity index (χ2n) is 2.04. The van der Waals surface area contributed by atoms with E-state index in [1.165, 1.54) is 0 Å². The molecule has 0 saturated heterocycles. The number of rotatable bonds is 1. The molecule has 1 nitrogen and oxygen atoms in total. The lowest BCUT2D eigenvalue weighted by Crippen LogP contribution is -2.12. The predicted octanol–water partition coefficient (Wildman–Crippen LogP) is 0.886. The molecule has 0 unspecified atom stereocenters. The van der Waals surface area contributed by atoms with Gasteiger partial charge in [-0.1, -0.05) is 22.8 Å². The van der Waals surface area contributed by atoms with Gasteiger partial charge >= 0.3 is 0 Å². The average Bonchev–Trinajstić information content (AvgIpc) is 1.31. The van der Waals surface area contributed by atoms with Crippen molar-refractivity contribution in [2.75, 3.05) is 6.26 Å². The maximum Gasteiger partial charge on any atom is 0.0149 e. The summed E-state index contributed by atoms with van der Waals surface area (Å²) in [6.45, 7) is 3.82. The standard InChI is InChI=1S/C4H12OS2/c1-4(2)7(3,5)6/h4,7H,1-3H3,(H,5,6). The first-order valence-electron chi connectivity index (χ1n) is 2.24. The Morgan fingerprint density at radius 2 is 1.71 bits per heavy atom. The van der Waals surface area contributed by atoms with Gasteiger partial charge in [0.15, 0.2) is 0 Å². The summed E-state index contributed by atoms with van der Waals surface area (Å²) in [6.07, 6.45) is 1.68. The summed E-state index contributed by atoms with van der Waals surface area (Å²) in [6, 6.07) is 0. The molecule has 0 aliphatic rings. The van der Waals surface area contributed by atoms with Gasteiger partial charge in [-0.05, 0) is 6.26 Å². The van der Waals surface area contributed by atoms with Crippen LogP contribution in [0.2, 0.25) is 0 Å². The van der Waals surface area contributed by atoms with Crippen molar-refractivity contribution in [3.8, 4) is 0 Å². The van der Waals surface area contributed by atoms with Crippen molar-refractivity contribution >= 4 is 20.6 Å². The molecular weight excluding hydrogens is 128 g/mol. The van der Waals surface area contributed by atoms with E-state index in [9.17, 15) is 4.21 Å². The zero-order valence-electron chi connectivity index (χ0n) is 4.88. The van der Waals surface area contributed by atoms with Crippen LogP contribution in [-0.2, 0) is 8.96 Å². The van der Waals surface area contributed by atoms with Gasteiger partial charge in [0.1, 0.15) is 0 Å². The van der Waals surface area contributed by atoms with Crippen molar-refractivity contribution in [2.24, 2.45) is 0 Å².